The minimum absolute atomic E-state index is 0.876. The molecule has 0 aliphatic rings. The van der Waals surface area contributed by atoms with Gasteiger partial charge in [0.15, 0.2) is 4.34 Å². The monoisotopic (exact) mass is 282 g/mol. The first kappa shape index (κ1) is 13.6. The van der Waals surface area contributed by atoms with Crippen molar-refractivity contribution in [2.24, 2.45) is 7.05 Å². The number of thiazole rings is 1. The van der Waals surface area contributed by atoms with E-state index in [4.69, 9.17) is 0 Å². The van der Waals surface area contributed by atoms with Crippen molar-refractivity contribution < 1.29 is 0 Å². The molecule has 0 aliphatic carbocycles. The molecule has 0 saturated heterocycles. The lowest BCUT2D eigenvalue weighted by molar-refractivity contribution is 0.653. The standard InChI is InChI=1S/C12H18N4S2/c1-4-5-13-8-10-9(2)15-16(3)11(10)18-12-14-6-7-17-12/h6-7,13H,4-5,8H2,1-3H3. The second-order valence-electron chi connectivity index (χ2n) is 4.07. The Morgan fingerprint density at radius 3 is 3.00 bits per heavy atom. The zero-order valence-electron chi connectivity index (χ0n) is 10.9. The predicted molar refractivity (Wildman–Crippen MR) is 76.2 cm³/mol. The maximum atomic E-state index is 4.50. The Bertz CT molecular complexity index is 490. The maximum absolute atomic E-state index is 4.50. The van der Waals surface area contributed by atoms with Gasteiger partial charge in [0.1, 0.15) is 5.03 Å². The molecule has 0 unspecified atom stereocenters. The molecule has 98 valence electrons. The topological polar surface area (TPSA) is 42.7 Å². The minimum Gasteiger partial charge on any atom is -0.313 e. The SMILES string of the molecule is CCCNCc1c(C)nn(C)c1Sc1nccs1. The molecule has 2 rings (SSSR count). The van der Waals surface area contributed by atoms with Gasteiger partial charge in [0.25, 0.3) is 0 Å². The zero-order valence-corrected chi connectivity index (χ0v) is 12.6. The molecule has 0 spiro atoms. The zero-order chi connectivity index (χ0) is 13.0. The fourth-order valence-corrected chi connectivity index (χ4v) is 3.50. The number of hydrogen-bond acceptors (Lipinski definition) is 5. The highest BCUT2D eigenvalue weighted by Gasteiger charge is 2.15. The summed E-state index contributed by atoms with van der Waals surface area (Å²) in [6.45, 7) is 6.15. The first-order chi connectivity index (χ1) is 8.72. The number of hydrogen-bond donors (Lipinski definition) is 1. The molecule has 0 atom stereocenters. The van der Waals surface area contributed by atoms with Crippen LogP contribution in [0.25, 0.3) is 0 Å². The molecule has 0 saturated carbocycles. The quantitative estimate of drug-likeness (QED) is 0.827. The van der Waals surface area contributed by atoms with E-state index >= 15 is 0 Å². The molecule has 2 aromatic heterocycles. The van der Waals surface area contributed by atoms with Gasteiger partial charge in [0, 0.05) is 30.7 Å². The van der Waals surface area contributed by atoms with Gasteiger partial charge in [-0.2, -0.15) is 5.10 Å². The Kier molecular flexibility index (Phi) is 4.79. The Morgan fingerprint density at radius 2 is 2.33 bits per heavy atom. The fraction of sp³-hybridized carbons (Fsp3) is 0.500. The van der Waals surface area contributed by atoms with Crippen molar-refractivity contribution in [3.05, 3.63) is 22.8 Å². The molecule has 0 aromatic carbocycles. The van der Waals surface area contributed by atoms with Gasteiger partial charge in [-0.05, 0) is 31.7 Å². The van der Waals surface area contributed by atoms with Crippen LogP contribution in [0.5, 0.6) is 0 Å². The number of nitrogens with zero attached hydrogens (tertiary/aromatic N) is 3. The third kappa shape index (κ3) is 3.13. The highest BCUT2D eigenvalue weighted by molar-refractivity contribution is 8.01. The molecule has 6 heteroatoms. The predicted octanol–water partition coefficient (Wildman–Crippen LogP) is 2.84. The second-order valence-corrected chi connectivity index (χ2v) is 6.20. The van der Waals surface area contributed by atoms with Crippen LogP contribution in [-0.2, 0) is 13.6 Å². The summed E-state index contributed by atoms with van der Waals surface area (Å²) in [5.41, 5.74) is 2.38. The van der Waals surface area contributed by atoms with Crippen LogP contribution in [0.1, 0.15) is 24.6 Å². The molecule has 0 aliphatic heterocycles. The van der Waals surface area contributed by atoms with E-state index in [1.807, 2.05) is 23.3 Å². The van der Waals surface area contributed by atoms with E-state index in [0.717, 1.165) is 29.5 Å². The molecule has 1 N–H and O–H groups in total. The Labute approximate surface area is 116 Å². The number of rotatable bonds is 6. The molecule has 4 nitrogen and oxygen atoms in total. The van der Waals surface area contributed by atoms with Crippen molar-refractivity contribution >= 4 is 23.1 Å². The van der Waals surface area contributed by atoms with E-state index in [2.05, 4.69) is 29.2 Å². The minimum atomic E-state index is 0.876. The van der Waals surface area contributed by atoms with Crippen LogP contribution in [0.4, 0.5) is 0 Å². The molecule has 18 heavy (non-hydrogen) atoms. The van der Waals surface area contributed by atoms with Crippen LogP contribution in [0, 0.1) is 6.92 Å². The maximum Gasteiger partial charge on any atom is 0.156 e. The summed E-state index contributed by atoms with van der Waals surface area (Å²) in [5.74, 6) is 0. The Hall–Kier alpha value is -0.850. The van der Waals surface area contributed by atoms with Crippen molar-refractivity contribution in [1.82, 2.24) is 20.1 Å². The summed E-state index contributed by atoms with van der Waals surface area (Å²) in [6, 6.07) is 0. The fourth-order valence-electron chi connectivity index (χ4n) is 1.75. The van der Waals surface area contributed by atoms with E-state index in [0.29, 0.717) is 0 Å². The van der Waals surface area contributed by atoms with E-state index in [1.165, 1.54) is 10.6 Å². The van der Waals surface area contributed by atoms with Gasteiger partial charge in [-0.1, -0.05) is 6.92 Å². The Balaban J connectivity index is 2.17. The number of aryl methyl sites for hydroxylation is 2. The van der Waals surface area contributed by atoms with Crippen molar-refractivity contribution in [2.45, 2.75) is 36.2 Å². The average molecular weight is 282 g/mol. The van der Waals surface area contributed by atoms with Crippen LogP contribution in [0.2, 0.25) is 0 Å². The van der Waals surface area contributed by atoms with E-state index in [-0.39, 0.29) is 0 Å². The van der Waals surface area contributed by atoms with Gasteiger partial charge < -0.3 is 5.32 Å². The lowest BCUT2D eigenvalue weighted by Crippen LogP contribution is -2.14. The molecular weight excluding hydrogens is 264 g/mol. The largest absolute Gasteiger partial charge is 0.313 e. The average Bonchev–Trinajstić information content (AvgIpc) is 2.92. The molecule has 0 bridgehead atoms. The summed E-state index contributed by atoms with van der Waals surface area (Å²) in [7, 11) is 1.99. The van der Waals surface area contributed by atoms with Crippen molar-refractivity contribution in [2.75, 3.05) is 6.54 Å². The lowest BCUT2D eigenvalue weighted by atomic mass is 10.2. The van der Waals surface area contributed by atoms with Crippen LogP contribution in [0.3, 0.4) is 0 Å². The first-order valence-electron chi connectivity index (χ1n) is 6.03. The van der Waals surface area contributed by atoms with Crippen LogP contribution >= 0.6 is 23.1 Å². The van der Waals surface area contributed by atoms with Gasteiger partial charge in [0.05, 0.1) is 5.69 Å². The normalized spacial score (nSPS) is 11.1. The Morgan fingerprint density at radius 1 is 1.50 bits per heavy atom. The third-order valence-corrected chi connectivity index (χ3v) is 4.70. The summed E-state index contributed by atoms with van der Waals surface area (Å²) < 4.78 is 3.01. The van der Waals surface area contributed by atoms with Crippen LogP contribution in [0.15, 0.2) is 20.9 Å². The van der Waals surface area contributed by atoms with E-state index < -0.39 is 0 Å². The summed E-state index contributed by atoms with van der Waals surface area (Å²) >= 11 is 3.36. The molecule has 0 radical (unpaired) electrons. The molecule has 2 aromatic rings. The van der Waals surface area contributed by atoms with Crippen LogP contribution < -0.4 is 5.32 Å². The first-order valence-corrected chi connectivity index (χ1v) is 7.72. The third-order valence-electron chi connectivity index (χ3n) is 2.61. The number of aromatic nitrogens is 3. The highest BCUT2D eigenvalue weighted by atomic mass is 32.2. The number of nitrogens with one attached hydrogen (secondary N) is 1. The summed E-state index contributed by atoms with van der Waals surface area (Å²) in [6.07, 6.45) is 2.99. The van der Waals surface area contributed by atoms with Crippen molar-refractivity contribution in [1.29, 1.82) is 0 Å². The van der Waals surface area contributed by atoms with Crippen molar-refractivity contribution in [3.63, 3.8) is 0 Å². The molecule has 2 heterocycles. The second kappa shape index (κ2) is 6.36. The lowest BCUT2D eigenvalue weighted by Gasteiger charge is -2.05. The molecule has 0 amide bonds. The highest BCUT2D eigenvalue weighted by Crippen LogP contribution is 2.32. The van der Waals surface area contributed by atoms with Gasteiger partial charge in [0.2, 0.25) is 0 Å². The van der Waals surface area contributed by atoms with Gasteiger partial charge >= 0.3 is 0 Å². The van der Waals surface area contributed by atoms with Gasteiger partial charge in [-0.3, -0.25) is 4.68 Å². The smallest absolute Gasteiger partial charge is 0.156 e. The molecular formula is C12H18N4S2. The summed E-state index contributed by atoms with van der Waals surface area (Å²) in [5, 5.41) is 11.1. The van der Waals surface area contributed by atoms with E-state index in [1.54, 1.807) is 23.1 Å². The van der Waals surface area contributed by atoms with E-state index in [9.17, 15) is 0 Å². The van der Waals surface area contributed by atoms with Crippen molar-refractivity contribution in [3.8, 4) is 0 Å². The van der Waals surface area contributed by atoms with Gasteiger partial charge in [-0.25, -0.2) is 4.98 Å². The van der Waals surface area contributed by atoms with Gasteiger partial charge in [-0.15, -0.1) is 11.3 Å². The molecule has 0 fully saturated rings. The van der Waals surface area contributed by atoms with Crippen LogP contribution in [-0.4, -0.2) is 21.3 Å². The summed E-state index contributed by atoms with van der Waals surface area (Å²) in [4.78, 5) is 4.32.